The summed E-state index contributed by atoms with van der Waals surface area (Å²) in [6, 6.07) is 18.2. The third-order valence-electron chi connectivity index (χ3n) is 4.71. The molecule has 3 aromatic carbocycles. The topological polar surface area (TPSA) is 73.1 Å². The van der Waals surface area contributed by atoms with E-state index in [2.05, 4.69) is 42.4 Å². The Hall–Kier alpha value is -2.81. The number of hydrogen-bond donors (Lipinski definition) is 1. The van der Waals surface area contributed by atoms with Gasteiger partial charge < -0.3 is 13.9 Å². The fraction of sp³-hybridized carbons (Fsp3) is 0.120. The molecule has 4 rings (SSSR count). The number of carbonyl (C=O) groups is 1. The standard InChI is InChI=1S/C25H19Br2ClN2O4/c1-2-32-22-10-16(9-20(27)24(22)33-14-15-3-6-19(28)7-4-15)13-29-30-25(31)23-12-17-11-18(26)5-8-21(17)34-23/h3-13H,2,14H2,1H3,(H,30,31)/b29-13+. The van der Waals surface area contributed by atoms with Gasteiger partial charge in [-0.15, -0.1) is 0 Å². The second-order valence-corrected chi connectivity index (χ2v) is 9.38. The van der Waals surface area contributed by atoms with Gasteiger partial charge in [-0.25, -0.2) is 5.43 Å². The molecule has 0 unspecified atom stereocenters. The number of carbonyl (C=O) groups excluding carboxylic acids is 1. The highest BCUT2D eigenvalue weighted by molar-refractivity contribution is 9.10. The van der Waals surface area contributed by atoms with Gasteiger partial charge >= 0.3 is 5.91 Å². The van der Waals surface area contributed by atoms with E-state index in [1.54, 1.807) is 18.2 Å². The molecule has 6 nitrogen and oxygen atoms in total. The normalized spacial score (nSPS) is 11.2. The maximum Gasteiger partial charge on any atom is 0.307 e. The smallest absolute Gasteiger partial charge is 0.307 e. The Balaban J connectivity index is 1.46. The van der Waals surface area contributed by atoms with Crippen molar-refractivity contribution < 1.29 is 18.7 Å². The minimum Gasteiger partial charge on any atom is -0.490 e. The van der Waals surface area contributed by atoms with Crippen LogP contribution in [0.15, 0.2) is 79.1 Å². The van der Waals surface area contributed by atoms with Crippen molar-refractivity contribution >= 4 is 66.6 Å². The van der Waals surface area contributed by atoms with Crippen molar-refractivity contribution in [2.45, 2.75) is 13.5 Å². The minimum absolute atomic E-state index is 0.174. The molecule has 174 valence electrons. The lowest BCUT2D eigenvalue weighted by Gasteiger charge is -2.14. The second-order valence-electron chi connectivity index (χ2n) is 7.17. The molecular formula is C25H19Br2ClN2O4. The van der Waals surface area contributed by atoms with E-state index >= 15 is 0 Å². The molecule has 0 aliphatic heterocycles. The van der Waals surface area contributed by atoms with Crippen LogP contribution in [0.3, 0.4) is 0 Å². The number of benzene rings is 3. The summed E-state index contributed by atoms with van der Waals surface area (Å²) in [6.07, 6.45) is 1.52. The molecule has 0 saturated heterocycles. The van der Waals surface area contributed by atoms with Crippen LogP contribution in [0.25, 0.3) is 11.0 Å². The van der Waals surface area contributed by atoms with Crippen molar-refractivity contribution in [3.8, 4) is 11.5 Å². The molecule has 0 aliphatic carbocycles. The van der Waals surface area contributed by atoms with Crippen LogP contribution in [0.4, 0.5) is 0 Å². The molecule has 0 saturated carbocycles. The molecule has 1 aromatic heterocycles. The van der Waals surface area contributed by atoms with E-state index in [-0.39, 0.29) is 5.76 Å². The molecule has 0 atom stereocenters. The largest absolute Gasteiger partial charge is 0.490 e. The third-order valence-corrected chi connectivity index (χ3v) is 6.04. The zero-order valence-corrected chi connectivity index (χ0v) is 21.9. The molecule has 0 aliphatic rings. The average Bonchev–Trinajstić information content (AvgIpc) is 3.23. The third kappa shape index (κ3) is 6.00. The van der Waals surface area contributed by atoms with Gasteiger partial charge in [0.1, 0.15) is 12.2 Å². The van der Waals surface area contributed by atoms with Gasteiger partial charge in [0.05, 0.1) is 17.3 Å². The number of ether oxygens (including phenoxy) is 2. The summed E-state index contributed by atoms with van der Waals surface area (Å²) < 4.78 is 18.9. The first-order chi connectivity index (χ1) is 16.4. The second kappa shape index (κ2) is 11.1. The van der Waals surface area contributed by atoms with Gasteiger partial charge in [0.2, 0.25) is 0 Å². The molecule has 1 heterocycles. The predicted octanol–water partition coefficient (Wildman–Crippen LogP) is 7.35. The van der Waals surface area contributed by atoms with Crippen molar-refractivity contribution in [1.82, 2.24) is 5.43 Å². The summed E-state index contributed by atoms with van der Waals surface area (Å²) >= 11 is 12.9. The van der Waals surface area contributed by atoms with Gasteiger partial charge in [-0.3, -0.25) is 4.79 Å². The molecule has 9 heteroatoms. The van der Waals surface area contributed by atoms with E-state index in [9.17, 15) is 4.79 Å². The highest BCUT2D eigenvalue weighted by atomic mass is 79.9. The Morgan fingerprint density at radius 2 is 1.88 bits per heavy atom. The Labute approximate surface area is 218 Å². The Kier molecular flexibility index (Phi) is 7.92. The van der Waals surface area contributed by atoms with Gasteiger partial charge in [0, 0.05) is 14.9 Å². The highest BCUT2D eigenvalue weighted by Crippen LogP contribution is 2.37. The SMILES string of the molecule is CCOc1cc(/C=N/NC(=O)c2cc3cc(Br)ccc3o2)cc(Br)c1OCc1ccc(Cl)cc1. The zero-order valence-electron chi connectivity index (χ0n) is 18.0. The molecule has 1 amide bonds. The summed E-state index contributed by atoms with van der Waals surface area (Å²) in [5.41, 5.74) is 4.80. The first-order valence-electron chi connectivity index (χ1n) is 10.3. The van der Waals surface area contributed by atoms with Crippen molar-refractivity contribution in [3.63, 3.8) is 0 Å². The molecule has 0 radical (unpaired) electrons. The van der Waals surface area contributed by atoms with Crippen molar-refractivity contribution in [3.05, 3.63) is 91.5 Å². The van der Waals surface area contributed by atoms with Gasteiger partial charge in [-0.05, 0) is 82.5 Å². The number of hydrazone groups is 1. The maximum absolute atomic E-state index is 12.4. The summed E-state index contributed by atoms with van der Waals surface area (Å²) in [4.78, 5) is 12.4. The maximum atomic E-state index is 12.4. The molecule has 0 fully saturated rings. The molecule has 0 spiro atoms. The number of halogens is 3. The average molecular weight is 607 g/mol. The van der Waals surface area contributed by atoms with Gasteiger partial charge in [-0.1, -0.05) is 39.7 Å². The highest BCUT2D eigenvalue weighted by Gasteiger charge is 2.14. The Morgan fingerprint density at radius 3 is 2.65 bits per heavy atom. The molecular weight excluding hydrogens is 588 g/mol. The van der Waals surface area contributed by atoms with Crippen molar-refractivity contribution in [2.75, 3.05) is 6.61 Å². The van der Waals surface area contributed by atoms with Crippen LogP contribution in [-0.2, 0) is 6.61 Å². The fourth-order valence-corrected chi connectivity index (χ4v) is 4.23. The molecule has 4 aromatic rings. The van der Waals surface area contributed by atoms with Gasteiger partial charge in [0.15, 0.2) is 17.3 Å². The van der Waals surface area contributed by atoms with E-state index in [1.807, 2.05) is 49.4 Å². The quantitative estimate of drug-likeness (QED) is 0.168. The minimum atomic E-state index is -0.449. The van der Waals surface area contributed by atoms with Crippen LogP contribution in [-0.4, -0.2) is 18.7 Å². The Bertz CT molecular complexity index is 1350. The Morgan fingerprint density at radius 1 is 1.09 bits per heavy atom. The number of furan rings is 1. The summed E-state index contributed by atoms with van der Waals surface area (Å²) in [6.45, 7) is 2.71. The van der Waals surface area contributed by atoms with Crippen LogP contribution in [0.1, 0.15) is 28.6 Å². The lowest BCUT2D eigenvalue weighted by molar-refractivity contribution is 0.0929. The number of hydrogen-bond acceptors (Lipinski definition) is 5. The van der Waals surface area contributed by atoms with Gasteiger partial charge in [-0.2, -0.15) is 5.10 Å². The van der Waals surface area contributed by atoms with Gasteiger partial charge in [0.25, 0.3) is 0 Å². The van der Waals surface area contributed by atoms with Crippen molar-refractivity contribution in [1.29, 1.82) is 0 Å². The number of nitrogens with zero attached hydrogens (tertiary/aromatic N) is 1. The zero-order chi connectivity index (χ0) is 24.1. The van der Waals surface area contributed by atoms with Crippen LogP contribution in [0.2, 0.25) is 5.02 Å². The first-order valence-corrected chi connectivity index (χ1v) is 12.3. The van der Waals surface area contributed by atoms with E-state index in [0.717, 1.165) is 15.4 Å². The summed E-state index contributed by atoms with van der Waals surface area (Å²) in [5, 5.41) is 5.55. The van der Waals surface area contributed by atoms with Crippen LogP contribution in [0, 0.1) is 0 Å². The van der Waals surface area contributed by atoms with Crippen LogP contribution >= 0.6 is 43.5 Å². The monoisotopic (exact) mass is 604 g/mol. The van der Waals surface area contributed by atoms with E-state index < -0.39 is 5.91 Å². The number of rotatable bonds is 8. The molecule has 34 heavy (non-hydrogen) atoms. The van der Waals surface area contributed by atoms with Crippen LogP contribution < -0.4 is 14.9 Å². The van der Waals surface area contributed by atoms with E-state index in [4.69, 9.17) is 25.5 Å². The summed E-state index contributed by atoms with van der Waals surface area (Å²) in [7, 11) is 0. The number of nitrogens with one attached hydrogen (secondary N) is 1. The molecule has 0 bridgehead atoms. The lowest BCUT2D eigenvalue weighted by atomic mass is 10.2. The number of amides is 1. The summed E-state index contributed by atoms with van der Waals surface area (Å²) in [5.74, 6) is 0.857. The fourth-order valence-electron chi connectivity index (χ4n) is 3.15. The van der Waals surface area contributed by atoms with Crippen molar-refractivity contribution in [2.24, 2.45) is 5.10 Å². The molecule has 1 N–H and O–H groups in total. The van der Waals surface area contributed by atoms with E-state index in [0.29, 0.717) is 45.4 Å². The van der Waals surface area contributed by atoms with Crippen LogP contribution in [0.5, 0.6) is 11.5 Å². The predicted molar refractivity (Wildman–Crippen MR) is 140 cm³/mol. The number of fused-ring (bicyclic) bond motifs is 1. The van der Waals surface area contributed by atoms with E-state index in [1.165, 1.54) is 6.21 Å². The first kappa shape index (κ1) is 24.3. The lowest BCUT2D eigenvalue weighted by Crippen LogP contribution is -2.16.